The molecule has 0 saturated heterocycles. The van der Waals surface area contributed by atoms with Gasteiger partial charge in [-0.25, -0.2) is 4.68 Å². The average Bonchev–Trinajstić information content (AvgIpc) is 3.36. The van der Waals surface area contributed by atoms with Gasteiger partial charge >= 0.3 is 0 Å². The van der Waals surface area contributed by atoms with Crippen LogP contribution < -0.4 is 5.32 Å². The summed E-state index contributed by atoms with van der Waals surface area (Å²) in [4.78, 5) is 17.5. The third-order valence-electron chi connectivity index (χ3n) is 5.66. The normalized spacial score (nSPS) is 13.4. The minimum Gasteiger partial charge on any atom is -0.339 e. The molecule has 2 aromatic heterocycles. The first-order valence-electron chi connectivity index (χ1n) is 10.5. The molecule has 0 bridgehead atoms. The summed E-state index contributed by atoms with van der Waals surface area (Å²) in [5, 5.41) is 12.3. The van der Waals surface area contributed by atoms with Crippen LogP contribution in [0.4, 0.5) is 5.69 Å². The second kappa shape index (κ2) is 7.91. The first kappa shape index (κ1) is 20.5. The van der Waals surface area contributed by atoms with Crippen molar-refractivity contribution in [1.29, 1.82) is 0 Å². The molecule has 7 nitrogen and oxygen atoms in total. The zero-order valence-electron chi connectivity index (χ0n) is 18.0. The number of amides is 1. The molecule has 162 valence electrons. The number of hydrogen-bond donors (Lipinski definition) is 1. The lowest BCUT2D eigenvalue weighted by Gasteiger charge is -2.08. The first-order chi connectivity index (χ1) is 15.4. The Balaban J connectivity index is 1.44. The zero-order valence-corrected chi connectivity index (χ0v) is 18.8. The second-order valence-corrected chi connectivity index (χ2v) is 8.65. The number of aromatic nitrogens is 4. The fourth-order valence-corrected chi connectivity index (χ4v) is 3.83. The standard InChI is InChI=1S/C24H22ClN5O2/c1-13-4-5-17(22-27-24(32-29-22)16-6-7-16)11-21(13)30-12-19(15(3)28-30)23(31)26-20-9-8-18(25)10-14(20)2/h4-5,8-12,16H,6-7H2,1-3H3,(H,26,31). The van der Waals surface area contributed by atoms with E-state index in [0.717, 1.165) is 35.2 Å². The second-order valence-electron chi connectivity index (χ2n) is 8.22. The quantitative estimate of drug-likeness (QED) is 0.428. The van der Waals surface area contributed by atoms with E-state index in [1.165, 1.54) is 0 Å². The van der Waals surface area contributed by atoms with Gasteiger partial charge in [-0.1, -0.05) is 28.9 Å². The van der Waals surface area contributed by atoms with Crippen LogP contribution >= 0.6 is 11.6 Å². The van der Waals surface area contributed by atoms with Crippen molar-refractivity contribution in [2.45, 2.75) is 39.5 Å². The van der Waals surface area contributed by atoms with E-state index in [-0.39, 0.29) is 5.91 Å². The molecule has 1 saturated carbocycles. The largest absolute Gasteiger partial charge is 0.339 e. The van der Waals surface area contributed by atoms with Gasteiger partial charge in [-0.05, 0) is 69.0 Å². The maximum atomic E-state index is 12.9. The molecular formula is C24H22ClN5O2. The molecule has 0 spiro atoms. The van der Waals surface area contributed by atoms with E-state index in [2.05, 4.69) is 20.6 Å². The summed E-state index contributed by atoms with van der Waals surface area (Å²) >= 11 is 6.02. The van der Waals surface area contributed by atoms with Crippen LogP contribution in [0.1, 0.15) is 51.8 Å². The third kappa shape index (κ3) is 3.91. The highest BCUT2D eigenvalue weighted by molar-refractivity contribution is 6.30. The van der Waals surface area contributed by atoms with Crippen molar-refractivity contribution >= 4 is 23.2 Å². The molecule has 2 heterocycles. The van der Waals surface area contributed by atoms with Crippen molar-refractivity contribution in [2.24, 2.45) is 0 Å². The van der Waals surface area contributed by atoms with Crippen LogP contribution in [0.5, 0.6) is 0 Å². The summed E-state index contributed by atoms with van der Waals surface area (Å²) in [5.41, 5.74) is 5.46. The maximum Gasteiger partial charge on any atom is 0.259 e. The van der Waals surface area contributed by atoms with Crippen LogP contribution in [-0.2, 0) is 0 Å². The van der Waals surface area contributed by atoms with Crippen LogP contribution in [0.2, 0.25) is 5.02 Å². The number of nitrogens with zero attached hydrogens (tertiary/aromatic N) is 4. The number of carbonyl (C=O) groups excluding carboxylic acids is 1. The molecule has 1 fully saturated rings. The monoisotopic (exact) mass is 447 g/mol. The number of rotatable bonds is 5. The zero-order chi connectivity index (χ0) is 22.4. The molecule has 1 aliphatic rings. The third-order valence-corrected chi connectivity index (χ3v) is 5.90. The highest BCUT2D eigenvalue weighted by Gasteiger charge is 2.30. The van der Waals surface area contributed by atoms with Gasteiger partial charge in [0.15, 0.2) is 0 Å². The van der Waals surface area contributed by atoms with Crippen LogP contribution in [0, 0.1) is 20.8 Å². The fourth-order valence-electron chi connectivity index (χ4n) is 3.61. The van der Waals surface area contributed by atoms with Gasteiger partial charge in [0, 0.05) is 28.4 Å². The molecule has 32 heavy (non-hydrogen) atoms. The number of anilines is 1. The van der Waals surface area contributed by atoms with Crippen LogP contribution in [0.15, 0.2) is 47.1 Å². The van der Waals surface area contributed by atoms with Gasteiger partial charge < -0.3 is 9.84 Å². The molecular weight excluding hydrogens is 426 g/mol. The Kier molecular flexibility index (Phi) is 5.06. The lowest BCUT2D eigenvalue weighted by molar-refractivity contribution is 0.102. The smallest absolute Gasteiger partial charge is 0.259 e. The summed E-state index contributed by atoms with van der Waals surface area (Å²) in [5.74, 6) is 1.45. The van der Waals surface area contributed by atoms with E-state index in [1.807, 2.05) is 45.0 Å². The molecule has 8 heteroatoms. The maximum absolute atomic E-state index is 12.9. The molecule has 1 amide bonds. The predicted molar refractivity (Wildman–Crippen MR) is 122 cm³/mol. The number of halogens is 1. The lowest BCUT2D eigenvalue weighted by Crippen LogP contribution is -2.13. The summed E-state index contributed by atoms with van der Waals surface area (Å²) in [6.45, 7) is 5.72. The lowest BCUT2D eigenvalue weighted by atomic mass is 10.1. The van der Waals surface area contributed by atoms with Crippen LogP contribution in [0.3, 0.4) is 0 Å². The fraction of sp³-hybridized carbons (Fsp3) is 0.250. The molecule has 0 radical (unpaired) electrons. The Labute approximate surface area is 190 Å². The number of hydrogen-bond acceptors (Lipinski definition) is 5. The highest BCUT2D eigenvalue weighted by atomic mass is 35.5. The highest BCUT2D eigenvalue weighted by Crippen LogP contribution is 2.39. The van der Waals surface area contributed by atoms with Gasteiger partial charge in [-0.2, -0.15) is 10.1 Å². The van der Waals surface area contributed by atoms with E-state index < -0.39 is 0 Å². The van der Waals surface area contributed by atoms with Gasteiger partial charge in [0.1, 0.15) is 0 Å². The van der Waals surface area contributed by atoms with Crippen molar-refractivity contribution in [2.75, 3.05) is 5.32 Å². The molecule has 1 aliphatic carbocycles. The molecule has 4 aromatic rings. The Hall–Kier alpha value is -3.45. The van der Waals surface area contributed by atoms with E-state index in [0.29, 0.717) is 39.6 Å². The molecule has 0 atom stereocenters. The summed E-state index contributed by atoms with van der Waals surface area (Å²) < 4.78 is 7.12. The summed E-state index contributed by atoms with van der Waals surface area (Å²) in [7, 11) is 0. The molecule has 0 unspecified atom stereocenters. The van der Waals surface area contributed by atoms with E-state index >= 15 is 0 Å². The van der Waals surface area contributed by atoms with Gasteiger partial charge in [-0.15, -0.1) is 0 Å². The van der Waals surface area contributed by atoms with Gasteiger partial charge in [0.05, 0.1) is 16.9 Å². The Morgan fingerprint density at radius 2 is 1.94 bits per heavy atom. The van der Waals surface area contributed by atoms with Crippen molar-refractivity contribution in [3.8, 4) is 17.1 Å². The minimum atomic E-state index is -0.222. The number of nitrogens with one attached hydrogen (secondary N) is 1. The first-order valence-corrected chi connectivity index (χ1v) is 10.9. The SMILES string of the molecule is Cc1cc(Cl)ccc1NC(=O)c1cn(-c2cc(-c3noc(C4CC4)n3)ccc2C)nc1C. The minimum absolute atomic E-state index is 0.222. The molecule has 2 aromatic carbocycles. The van der Waals surface area contributed by atoms with Crippen molar-refractivity contribution in [3.63, 3.8) is 0 Å². The predicted octanol–water partition coefficient (Wildman–Crippen LogP) is 5.63. The van der Waals surface area contributed by atoms with Crippen molar-refractivity contribution < 1.29 is 9.32 Å². The Morgan fingerprint density at radius 1 is 1.12 bits per heavy atom. The van der Waals surface area contributed by atoms with Crippen LogP contribution in [0.25, 0.3) is 17.1 Å². The Bertz CT molecular complexity index is 1340. The number of aryl methyl sites for hydroxylation is 3. The number of carbonyl (C=O) groups is 1. The van der Waals surface area contributed by atoms with Gasteiger partial charge in [0.2, 0.25) is 11.7 Å². The summed E-state index contributed by atoms with van der Waals surface area (Å²) in [6.07, 6.45) is 3.95. The molecule has 0 aliphatic heterocycles. The van der Waals surface area contributed by atoms with Crippen molar-refractivity contribution in [1.82, 2.24) is 19.9 Å². The number of benzene rings is 2. The van der Waals surface area contributed by atoms with Crippen LogP contribution in [-0.4, -0.2) is 25.8 Å². The molecule has 5 rings (SSSR count). The summed E-state index contributed by atoms with van der Waals surface area (Å²) in [6, 6.07) is 11.3. The topological polar surface area (TPSA) is 85.8 Å². The van der Waals surface area contributed by atoms with E-state index in [9.17, 15) is 4.79 Å². The van der Waals surface area contributed by atoms with Gasteiger partial charge in [-0.3, -0.25) is 4.79 Å². The Morgan fingerprint density at radius 3 is 2.69 bits per heavy atom. The average molecular weight is 448 g/mol. The van der Waals surface area contributed by atoms with E-state index in [1.54, 1.807) is 23.0 Å². The van der Waals surface area contributed by atoms with E-state index in [4.69, 9.17) is 16.1 Å². The molecule has 1 N–H and O–H groups in total. The van der Waals surface area contributed by atoms with Gasteiger partial charge in [0.25, 0.3) is 5.91 Å². The van der Waals surface area contributed by atoms with Crippen molar-refractivity contribution in [3.05, 3.63) is 75.9 Å².